The monoisotopic (exact) mass is 917 g/mol. The molecule has 3 unspecified atom stereocenters. The molecule has 0 saturated carbocycles. The van der Waals surface area contributed by atoms with Gasteiger partial charge in [0.15, 0.2) is 22.8 Å². The number of carbonyl (C=O) groups is 2. The third kappa shape index (κ3) is 18.2. The SMILES string of the molecule is CCCCCCCC(=O)SCCN=C([O-])CCNC(=O)C(O)C(C)(C)COP(=O)(O)OP(=O)(O)OC[C@H]1O[C@@H](n2cnc3c(N)ncnc32)[C@H](O)[C@@H]1OP(=O)(O)O.O.[Li+]. The maximum atomic E-state index is 12.7. The Morgan fingerprint density at radius 1 is 1.08 bits per heavy atom. The summed E-state index contributed by atoms with van der Waals surface area (Å²) >= 11 is 1.10. The van der Waals surface area contributed by atoms with Crippen LogP contribution in [-0.4, -0.2) is 128 Å². The minimum absolute atomic E-state index is 0. The van der Waals surface area contributed by atoms with Crippen molar-refractivity contribution < 1.29 is 105 Å². The summed E-state index contributed by atoms with van der Waals surface area (Å²) in [6.07, 6.45) is -1.34. The molecule has 2 aromatic rings. The van der Waals surface area contributed by atoms with Gasteiger partial charge in [0, 0.05) is 30.7 Å². The molecular formula is C29H51LiN7O18P3S. The van der Waals surface area contributed by atoms with Crippen LogP contribution in [0.1, 0.15) is 71.9 Å². The van der Waals surface area contributed by atoms with Gasteiger partial charge in [-0.15, -0.1) is 0 Å². The zero-order chi connectivity index (χ0) is 42.6. The predicted octanol–water partition coefficient (Wildman–Crippen LogP) is -3.15. The zero-order valence-corrected chi connectivity index (χ0v) is 36.3. The van der Waals surface area contributed by atoms with E-state index in [2.05, 4.69) is 41.0 Å². The molecule has 25 nitrogen and oxygen atoms in total. The van der Waals surface area contributed by atoms with E-state index in [1.54, 1.807) is 0 Å². The van der Waals surface area contributed by atoms with E-state index in [9.17, 15) is 58.2 Å². The molecule has 30 heteroatoms. The van der Waals surface area contributed by atoms with Gasteiger partial charge in [-0.3, -0.25) is 27.7 Å². The number of ether oxygens (including phenoxy) is 1. The number of nitrogen functional groups attached to an aromatic ring is 1. The van der Waals surface area contributed by atoms with Gasteiger partial charge in [0.2, 0.25) is 5.91 Å². The van der Waals surface area contributed by atoms with E-state index in [1.807, 2.05) is 0 Å². The van der Waals surface area contributed by atoms with Crippen molar-refractivity contribution in [3.05, 3.63) is 12.7 Å². The molecule has 7 atom stereocenters. The summed E-state index contributed by atoms with van der Waals surface area (Å²) in [6.45, 7) is 2.49. The minimum Gasteiger partial charge on any atom is -0.862 e. The van der Waals surface area contributed by atoms with Gasteiger partial charge in [0.05, 0.1) is 19.5 Å². The molecule has 1 saturated heterocycles. The van der Waals surface area contributed by atoms with E-state index in [0.717, 1.165) is 61.1 Å². The number of aromatic nitrogens is 4. The van der Waals surface area contributed by atoms with Crippen molar-refractivity contribution in [2.75, 3.05) is 37.8 Å². The number of anilines is 1. The zero-order valence-electron chi connectivity index (χ0n) is 32.8. The van der Waals surface area contributed by atoms with Gasteiger partial charge in [-0.25, -0.2) is 28.6 Å². The van der Waals surface area contributed by atoms with Gasteiger partial charge < -0.3 is 61.1 Å². The molecular weight excluding hydrogens is 866 g/mol. The van der Waals surface area contributed by atoms with E-state index in [-0.39, 0.29) is 65.9 Å². The number of aliphatic imine (C=N–C) groups is 1. The second-order valence-corrected chi connectivity index (χ2v) is 18.8. The molecule has 1 aliphatic rings. The molecule has 3 heterocycles. The first-order chi connectivity index (χ1) is 26.6. The van der Waals surface area contributed by atoms with Crippen molar-refractivity contribution >= 4 is 69.1 Å². The fraction of sp³-hybridized carbons (Fsp3) is 0.724. The van der Waals surface area contributed by atoms with Crippen molar-refractivity contribution in [1.82, 2.24) is 24.8 Å². The molecule has 3 rings (SSSR count). The first-order valence-corrected chi connectivity index (χ1v) is 23.0. The maximum Gasteiger partial charge on any atom is 1.00 e. The third-order valence-electron chi connectivity index (χ3n) is 8.19. The van der Waals surface area contributed by atoms with Crippen LogP contribution >= 0.6 is 35.2 Å². The van der Waals surface area contributed by atoms with Crippen LogP contribution in [-0.2, 0) is 45.9 Å². The van der Waals surface area contributed by atoms with Gasteiger partial charge in [-0.05, 0) is 18.7 Å². The molecule has 1 amide bonds. The number of imidazole rings is 1. The molecule has 332 valence electrons. The number of hydrogen-bond acceptors (Lipinski definition) is 19. The minimum atomic E-state index is -5.57. The summed E-state index contributed by atoms with van der Waals surface area (Å²) in [6, 6.07) is 0. The van der Waals surface area contributed by atoms with Crippen LogP contribution in [0.3, 0.4) is 0 Å². The normalized spacial score (nSPS) is 21.2. The van der Waals surface area contributed by atoms with E-state index in [4.69, 9.17) is 19.5 Å². The summed E-state index contributed by atoms with van der Waals surface area (Å²) in [5.41, 5.74) is 4.26. The number of phosphoric ester groups is 3. The average Bonchev–Trinajstić information content (AvgIpc) is 3.68. The number of thioether (sulfide) groups is 1. The number of carbonyl (C=O) groups excluding carboxylic acids is 2. The first kappa shape index (κ1) is 55.1. The molecule has 0 aromatic carbocycles. The van der Waals surface area contributed by atoms with Crippen molar-refractivity contribution in [2.24, 2.45) is 10.4 Å². The van der Waals surface area contributed by atoms with Crippen molar-refractivity contribution in [3.8, 4) is 0 Å². The summed E-state index contributed by atoms with van der Waals surface area (Å²) < 4.78 is 62.1. The second-order valence-electron chi connectivity index (χ2n) is 13.4. The molecule has 1 fully saturated rings. The molecule has 0 bridgehead atoms. The Morgan fingerprint density at radius 3 is 2.41 bits per heavy atom. The van der Waals surface area contributed by atoms with Gasteiger partial charge in [0.1, 0.15) is 36.3 Å². The first-order valence-electron chi connectivity index (χ1n) is 17.5. The molecule has 11 N–H and O–H groups in total. The topological polar surface area (TPSA) is 401 Å². The van der Waals surface area contributed by atoms with Crippen LogP contribution in [0.5, 0.6) is 0 Å². The summed E-state index contributed by atoms with van der Waals surface area (Å²) in [5, 5.41) is 35.9. The standard InChI is InChI=1S/C29H50N7O17P3S.Li.H2O/c1-4-5-6-7-8-9-20(38)57-13-12-31-19(37)10-11-32-27(41)24(40)29(2,3)15-50-56(47,48)53-55(45,46)49-14-18-23(52-54(42,43)44)22(39)28(51-18)36-17-35-21-25(30)33-16-34-26(21)36;;/h16-18,22-24,28,39-40H,4-15H2,1-3H3,(H,31,37)(H,32,41)(H,45,46)(H,47,48)(H2,30,33,34)(H2,42,43,44);;1H2/q;+1;/p-1/t18-,22-,23-,24?,28-;;/m1../s1. The van der Waals surface area contributed by atoms with Gasteiger partial charge in [-0.2, -0.15) is 4.31 Å². The smallest absolute Gasteiger partial charge is 0.862 e. The number of unbranched alkanes of at least 4 members (excludes halogenated alkanes) is 4. The molecule has 59 heavy (non-hydrogen) atoms. The maximum absolute atomic E-state index is 12.7. The third-order valence-corrected chi connectivity index (χ3v) is 12.2. The number of amides is 1. The Balaban J connectivity index is 0.00000870. The van der Waals surface area contributed by atoms with E-state index >= 15 is 0 Å². The number of rotatable bonds is 25. The van der Waals surface area contributed by atoms with Gasteiger partial charge in [-0.1, -0.05) is 58.2 Å². The molecule has 0 spiro atoms. The van der Waals surface area contributed by atoms with Crippen LogP contribution in [0.15, 0.2) is 17.6 Å². The van der Waals surface area contributed by atoms with E-state index in [0.29, 0.717) is 12.2 Å². The Kier molecular flexibility index (Phi) is 23.1. The van der Waals surface area contributed by atoms with Crippen LogP contribution in [0.2, 0.25) is 0 Å². The number of nitrogens with zero attached hydrogens (tertiary/aromatic N) is 5. The molecule has 0 aliphatic carbocycles. The number of fused-ring (bicyclic) bond motifs is 1. The number of aliphatic hydroxyl groups is 2. The van der Waals surface area contributed by atoms with Crippen LogP contribution in [0, 0.1) is 5.41 Å². The average molecular weight is 918 g/mol. The van der Waals surface area contributed by atoms with Crippen molar-refractivity contribution in [1.29, 1.82) is 0 Å². The van der Waals surface area contributed by atoms with Crippen molar-refractivity contribution in [2.45, 2.75) is 96.4 Å². The molecule has 1 aliphatic heterocycles. The Bertz CT molecular complexity index is 1840. The Labute approximate surface area is 355 Å². The van der Waals surface area contributed by atoms with Gasteiger partial charge >= 0.3 is 42.3 Å². The Morgan fingerprint density at radius 2 is 1.75 bits per heavy atom. The van der Waals surface area contributed by atoms with Crippen molar-refractivity contribution in [3.63, 3.8) is 0 Å². The van der Waals surface area contributed by atoms with E-state index < -0.39 is 84.5 Å². The summed E-state index contributed by atoms with van der Waals surface area (Å²) in [5.74, 6) is -1.23. The number of aliphatic hydroxyl groups excluding tert-OH is 2. The fourth-order valence-electron chi connectivity index (χ4n) is 5.20. The van der Waals surface area contributed by atoms with E-state index in [1.165, 1.54) is 13.8 Å². The van der Waals surface area contributed by atoms with Crippen LogP contribution in [0.4, 0.5) is 5.82 Å². The number of nitrogens with two attached hydrogens (primary N) is 1. The predicted molar refractivity (Wildman–Crippen MR) is 203 cm³/mol. The largest absolute Gasteiger partial charge is 1.00 e. The summed E-state index contributed by atoms with van der Waals surface area (Å²) in [4.78, 5) is 79.3. The summed E-state index contributed by atoms with van der Waals surface area (Å²) in [7, 11) is -16.4. The number of phosphoric acid groups is 3. The quantitative estimate of drug-likeness (QED) is 0.0160. The fourth-order valence-corrected chi connectivity index (χ4v) is 8.73. The molecule has 0 radical (unpaired) electrons. The Hall–Kier alpha value is -1.88. The molecule has 2 aromatic heterocycles. The second kappa shape index (κ2) is 24.7. The number of nitrogens with one attached hydrogen (secondary N) is 1. The van der Waals surface area contributed by atoms with Gasteiger partial charge in [0.25, 0.3) is 0 Å². The van der Waals surface area contributed by atoms with Crippen LogP contribution in [0.25, 0.3) is 11.2 Å². The number of hydrogen-bond donors (Lipinski definition) is 8. The van der Waals surface area contributed by atoms with Crippen LogP contribution < -0.4 is 35.0 Å².